The Kier molecular flexibility index (Phi) is 4.34. The first-order valence-electron chi connectivity index (χ1n) is 10.2. The highest BCUT2D eigenvalue weighted by Crippen LogP contribution is 2.52. The maximum atomic E-state index is 15.4. The first-order chi connectivity index (χ1) is 14.6. The van der Waals surface area contributed by atoms with E-state index < -0.39 is 45.4 Å². The van der Waals surface area contributed by atoms with Crippen LogP contribution in [0.1, 0.15) is 42.1 Å². The maximum Gasteiger partial charge on any atom is 0.341 e. The summed E-state index contributed by atoms with van der Waals surface area (Å²) < 4.78 is 36.3. The van der Waals surface area contributed by atoms with Crippen molar-refractivity contribution in [3.8, 4) is 5.75 Å². The first kappa shape index (κ1) is 20.5. The van der Waals surface area contributed by atoms with Gasteiger partial charge in [-0.3, -0.25) is 4.79 Å². The smallest absolute Gasteiger partial charge is 0.341 e. The van der Waals surface area contributed by atoms with E-state index in [0.29, 0.717) is 25.9 Å². The van der Waals surface area contributed by atoms with E-state index in [-0.39, 0.29) is 28.8 Å². The molecule has 1 aliphatic heterocycles. The van der Waals surface area contributed by atoms with Crippen molar-refractivity contribution in [2.45, 2.75) is 48.3 Å². The molecule has 3 aliphatic rings. The van der Waals surface area contributed by atoms with Gasteiger partial charge in [0.15, 0.2) is 11.6 Å². The minimum atomic E-state index is -1.46. The van der Waals surface area contributed by atoms with Gasteiger partial charge in [-0.1, -0.05) is 0 Å². The number of nitrogens with zero attached hydrogens (tertiary/aromatic N) is 2. The Morgan fingerprint density at radius 1 is 1.39 bits per heavy atom. The fraction of sp³-hybridized carbons (Fsp3) is 0.524. The highest BCUT2D eigenvalue weighted by atomic mass is 35.5. The predicted octanol–water partition coefficient (Wildman–Crippen LogP) is 2.81. The Labute approximate surface area is 181 Å². The number of rotatable bonds is 4. The van der Waals surface area contributed by atoms with Crippen molar-refractivity contribution in [1.82, 2.24) is 4.57 Å². The lowest BCUT2D eigenvalue weighted by atomic mass is 9.91. The van der Waals surface area contributed by atoms with E-state index in [1.54, 1.807) is 4.90 Å². The van der Waals surface area contributed by atoms with Crippen LogP contribution < -0.4 is 20.8 Å². The number of anilines is 1. The second-order valence-corrected chi connectivity index (χ2v) is 9.59. The largest absolute Gasteiger partial charge is 0.492 e. The van der Waals surface area contributed by atoms with Gasteiger partial charge >= 0.3 is 5.97 Å². The van der Waals surface area contributed by atoms with Gasteiger partial charge in [0.1, 0.15) is 17.4 Å². The minimum absolute atomic E-state index is 0.0481. The van der Waals surface area contributed by atoms with Gasteiger partial charge < -0.3 is 25.0 Å². The number of fused-ring (bicyclic) bond motifs is 2. The van der Waals surface area contributed by atoms with E-state index in [9.17, 15) is 19.1 Å². The normalized spacial score (nSPS) is 31.8. The molecule has 0 spiro atoms. The number of nitrogens with two attached hydrogens (primary N) is 1. The summed E-state index contributed by atoms with van der Waals surface area (Å²) in [4.78, 5) is 25.4. The van der Waals surface area contributed by atoms with Gasteiger partial charge in [-0.15, -0.1) is 11.6 Å². The van der Waals surface area contributed by atoms with Crippen molar-refractivity contribution in [3.05, 3.63) is 33.9 Å². The van der Waals surface area contributed by atoms with Crippen LogP contribution in [0.4, 0.5) is 14.5 Å². The quantitative estimate of drug-likeness (QED) is 0.691. The molecule has 7 nitrogen and oxygen atoms in total. The number of carboxylic acid groups (broad SMARTS) is 1. The molecule has 10 heteroatoms. The fourth-order valence-corrected chi connectivity index (χ4v) is 5.69. The van der Waals surface area contributed by atoms with Crippen molar-refractivity contribution < 1.29 is 23.4 Å². The van der Waals surface area contributed by atoms with Crippen LogP contribution in [0.15, 0.2) is 17.1 Å². The van der Waals surface area contributed by atoms with E-state index >= 15 is 4.39 Å². The summed E-state index contributed by atoms with van der Waals surface area (Å²) in [6.45, 7) is 0.609. The molecule has 31 heavy (non-hydrogen) atoms. The van der Waals surface area contributed by atoms with Gasteiger partial charge in [-0.05, 0) is 25.3 Å². The summed E-state index contributed by atoms with van der Waals surface area (Å²) in [5.41, 5.74) is 4.75. The highest BCUT2D eigenvalue weighted by Gasteiger charge is 2.58. The van der Waals surface area contributed by atoms with Crippen molar-refractivity contribution in [2.24, 2.45) is 5.73 Å². The molecule has 1 unspecified atom stereocenters. The van der Waals surface area contributed by atoms with Crippen molar-refractivity contribution in [1.29, 1.82) is 0 Å². The average molecular weight is 454 g/mol. The third-order valence-electron chi connectivity index (χ3n) is 6.99. The summed E-state index contributed by atoms with van der Waals surface area (Å²) in [6.07, 6.45) is 2.42. The van der Waals surface area contributed by atoms with Crippen molar-refractivity contribution in [2.75, 3.05) is 25.1 Å². The summed E-state index contributed by atoms with van der Waals surface area (Å²) >= 11 is 6.81. The molecule has 3 N–H and O–H groups in total. The zero-order chi connectivity index (χ0) is 22.3. The molecular weight excluding hydrogens is 432 g/mol. The molecule has 1 saturated heterocycles. The number of aromatic nitrogens is 1. The van der Waals surface area contributed by atoms with Crippen LogP contribution in [0.25, 0.3) is 10.9 Å². The molecular formula is C21H22ClF2N3O4. The third kappa shape index (κ3) is 2.79. The standard InChI is InChI=1S/C21H22ClF2N3O4/c1-31-18-15-10(17(28)11(19(29)30)7-27(15)14-6-12(14)23)5-13(24)16(18)26-8-20(22)3-2-4-21(20,25)9-26/h5,7,12,14H,2-4,6,8-9,25H2,1H3,(H,29,30)/t12-,14?,20-,21+/m0/s1. The molecule has 5 rings (SSSR count). The number of hydrogen-bond acceptors (Lipinski definition) is 5. The molecule has 0 amide bonds. The molecule has 0 radical (unpaired) electrons. The molecule has 166 valence electrons. The monoisotopic (exact) mass is 453 g/mol. The Bertz CT molecular complexity index is 1170. The summed E-state index contributed by atoms with van der Waals surface area (Å²) in [5, 5.41) is 9.25. The van der Waals surface area contributed by atoms with Crippen LogP contribution in [0, 0.1) is 5.82 Å². The summed E-state index contributed by atoms with van der Waals surface area (Å²) in [6, 6.07) is 0.360. The number of halogens is 3. The number of aromatic carboxylic acids is 1. The van der Waals surface area contributed by atoms with E-state index in [2.05, 4.69) is 0 Å². The summed E-state index contributed by atoms with van der Waals surface area (Å²) in [7, 11) is 1.34. The maximum absolute atomic E-state index is 15.4. The van der Waals surface area contributed by atoms with Crippen LogP contribution in [-0.2, 0) is 0 Å². The van der Waals surface area contributed by atoms with E-state index in [0.717, 1.165) is 18.7 Å². The second-order valence-electron chi connectivity index (χ2n) is 8.87. The average Bonchev–Trinajstić information content (AvgIpc) is 3.26. The molecule has 1 aromatic carbocycles. The molecule has 2 aromatic rings. The van der Waals surface area contributed by atoms with Crippen LogP contribution in [0.5, 0.6) is 5.75 Å². The molecule has 3 fully saturated rings. The lowest BCUT2D eigenvalue weighted by molar-refractivity contribution is 0.0694. The van der Waals surface area contributed by atoms with Gasteiger partial charge in [-0.2, -0.15) is 0 Å². The zero-order valence-electron chi connectivity index (χ0n) is 16.8. The Balaban J connectivity index is 1.77. The lowest BCUT2D eigenvalue weighted by Crippen LogP contribution is -2.52. The molecule has 1 aromatic heterocycles. The number of benzene rings is 1. The number of alkyl halides is 2. The van der Waals surface area contributed by atoms with E-state index in [1.807, 2.05) is 0 Å². The highest BCUT2D eigenvalue weighted by molar-refractivity contribution is 6.26. The topological polar surface area (TPSA) is 97.8 Å². The molecule has 0 bridgehead atoms. The predicted molar refractivity (Wildman–Crippen MR) is 112 cm³/mol. The van der Waals surface area contributed by atoms with Crippen LogP contribution in [0.2, 0.25) is 0 Å². The lowest BCUT2D eigenvalue weighted by Gasteiger charge is -2.29. The Hall–Kier alpha value is -2.39. The third-order valence-corrected chi connectivity index (χ3v) is 7.67. The van der Waals surface area contributed by atoms with Gasteiger partial charge in [0, 0.05) is 25.7 Å². The Morgan fingerprint density at radius 2 is 2.10 bits per heavy atom. The Morgan fingerprint density at radius 3 is 2.68 bits per heavy atom. The van der Waals surface area contributed by atoms with Crippen molar-refractivity contribution >= 4 is 34.2 Å². The second kappa shape index (κ2) is 6.56. The first-order valence-corrected chi connectivity index (χ1v) is 10.5. The zero-order valence-corrected chi connectivity index (χ0v) is 17.6. The van der Waals surface area contributed by atoms with Gasteiger partial charge in [0.2, 0.25) is 5.43 Å². The van der Waals surface area contributed by atoms with Crippen molar-refractivity contribution in [3.63, 3.8) is 0 Å². The van der Waals surface area contributed by atoms with E-state index in [4.69, 9.17) is 22.1 Å². The van der Waals surface area contributed by atoms with Crippen LogP contribution >= 0.6 is 11.6 Å². The SMILES string of the molecule is COc1c(N2C[C@]3(N)CCC[C@]3(Cl)C2)c(F)cc2c(=O)c(C(=O)O)cn(C3C[C@@H]3F)c12. The number of methoxy groups -OCH3 is 1. The number of hydrogen-bond donors (Lipinski definition) is 2. The summed E-state index contributed by atoms with van der Waals surface area (Å²) in [5.74, 6) is -2.15. The van der Waals surface area contributed by atoms with Crippen LogP contribution in [-0.4, -0.2) is 52.4 Å². The van der Waals surface area contributed by atoms with Gasteiger partial charge in [0.25, 0.3) is 0 Å². The molecule has 2 heterocycles. The number of carbonyl (C=O) groups is 1. The fourth-order valence-electron chi connectivity index (χ4n) is 5.26. The number of ether oxygens (including phenoxy) is 1. The van der Waals surface area contributed by atoms with Crippen LogP contribution in [0.3, 0.4) is 0 Å². The minimum Gasteiger partial charge on any atom is -0.492 e. The molecule has 2 saturated carbocycles. The number of pyridine rings is 1. The van der Waals surface area contributed by atoms with Gasteiger partial charge in [-0.25, -0.2) is 13.6 Å². The molecule has 2 aliphatic carbocycles. The number of carboxylic acids is 1. The molecule has 4 atom stereocenters. The van der Waals surface area contributed by atoms with E-state index in [1.165, 1.54) is 11.7 Å². The van der Waals surface area contributed by atoms with Gasteiger partial charge in [0.05, 0.1) is 34.5 Å².